The lowest BCUT2D eigenvalue weighted by atomic mass is 10.0. The zero-order valence-electron chi connectivity index (χ0n) is 9.72. The molecule has 0 saturated carbocycles. The first-order chi connectivity index (χ1) is 8.74. The van der Waals surface area contributed by atoms with Crippen molar-refractivity contribution in [2.24, 2.45) is 10.1 Å². The summed E-state index contributed by atoms with van der Waals surface area (Å²) in [6.45, 7) is 0.473. The van der Waals surface area contributed by atoms with E-state index in [1.165, 1.54) is 0 Å². The van der Waals surface area contributed by atoms with Gasteiger partial charge in [0, 0.05) is 12.0 Å². The van der Waals surface area contributed by atoms with Crippen LogP contribution in [-0.4, -0.2) is 30.6 Å². The van der Waals surface area contributed by atoms with Gasteiger partial charge in [-0.15, -0.1) is 0 Å². The van der Waals surface area contributed by atoms with Gasteiger partial charge in [0.15, 0.2) is 6.10 Å². The van der Waals surface area contributed by atoms with Gasteiger partial charge in [-0.3, -0.25) is 0 Å². The van der Waals surface area contributed by atoms with Gasteiger partial charge >= 0.3 is 0 Å². The molecule has 0 N–H and O–H groups in total. The Labute approximate surface area is 115 Å². The average Bonchev–Trinajstić information content (AvgIpc) is 2.85. The Morgan fingerprint density at radius 2 is 2.50 bits per heavy atom. The molecular weight excluding hydrogens is 272 g/mol. The van der Waals surface area contributed by atoms with Crippen LogP contribution in [0.15, 0.2) is 28.3 Å². The van der Waals surface area contributed by atoms with Crippen LogP contribution in [0, 0.1) is 0 Å². The summed E-state index contributed by atoms with van der Waals surface area (Å²) in [4.78, 5) is 9.10. The van der Waals surface area contributed by atoms with Crippen LogP contribution in [0.5, 0.6) is 5.75 Å². The predicted molar refractivity (Wildman–Crippen MR) is 73.9 cm³/mol. The highest BCUT2D eigenvalue weighted by molar-refractivity contribution is 7.78. The van der Waals surface area contributed by atoms with E-state index in [0.29, 0.717) is 23.7 Å². The number of halogens is 1. The second-order valence-corrected chi connectivity index (χ2v) is 4.34. The molecule has 1 atom stereocenters. The van der Waals surface area contributed by atoms with Crippen LogP contribution in [0.1, 0.15) is 12.0 Å². The molecule has 2 rings (SSSR count). The van der Waals surface area contributed by atoms with Gasteiger partial charge in [0.2, 0.25) is 0 Å². The van der Waals surface area contributed by atoms with E-state index in [0.717, 1.165) is 11.3 Å². The van der Waals surface area contributed by atoms with Gasteiger partial charge in [0.25, 0.3) is 0 Å². The average molecular weight is 283 g/mol. The van der Waals surface area contributed by atoms with Crippen molar-refractivity contribution in [2.45, 2.75) is 12.5 Å². The summed E-state index contributed by atoms with van der Waals surface area (Å²) in [5.74, 6) is 0.641. The lowest BCUT2D eigenvalue weighted by Gasteiger charge is -2.05. The van der Waals surface area contributed by atoms with Gasteiger partial charge < -0.3 is 9.57 Å². The molecule has 6 heteroatoms. The van der Waals surface area contributed by atoms with E-state index in [1.54, 1.807) is 7.11 Å². The van der Waals surface area contributed by atoms with Gasteiger partial charge in [-0.1, -0.05) is 16.8 Å². The lowest BCUT2D eigenvalue weighted by Crippen LogP contribution is -2.11. The molecule has 0 spiro atoms. The molecule has 0 amide bonds. The van der Waals surface area contributed by atoms with Crippen molar-refractivity contribution in [1.29, 1.82) is 0 Å². The number of rotatable bonds is 4. The molecule has 1 aromatic carbocycles. The molecule has 94 valence electrons. The predicted octanol–water partition coefficient (Wildman–Crippen LogP) is 2.94. The summed E-state index contributed by atoms with van der Waals surface area (Å²) in [7, 11) is 1.58. The molecule has 0 aromatic heterocycles. The van der Waals surface area contributed by atoms with Crippen LogP contribution in [-0.2, 0) is 4.84 Å². The van der Waals surface area contributed by atoms with Crippen molar-refractivity contribution in [3.8, 4) is 5.75 Å². The number of hydrogen-bond donors (Lipinski definition) is 0. The number of isothiocyanates is 1. The molecule has 0 fully saturated rings. The largest absolute Gasteiger partial charge is 0.495 e. The van der Waals surface area contributed by atoms with Crippen LogP contribution >= 0.6 is 23.8 Å². The van der Waals surface area contributed by atoms with Crippen molar-refractivity contribution in [3.05, 3.63) is 28.8 Å². The number of aliphatic imine (C=N–C) groups is 1. The summed E-state index contributed by atoms with van der Waals surface area (Å²) < 4.78 is 5.10. The molecule has 0 bridgehead atoms. The van der Waals surface area contributed by atoms with E-state index >= 15 is 0 Å². The molecule has 1 aliphatic heterocycles. The summed E-state index contributed by atoms with van der Waals surface area (Å²) >= 11 is 10.6. The molecule has 0 aliphatic carbocycles. The van der Waals surface area contributed by atoms with Crippen LogP contribution in [0.3, 0.4) is 0 Å². The van der Waals surface area contributed by atoms with Gasteiger partial charge in [0.1, 0.15) is 5.75 Å². The standard InChI is InChI=1S/C12H11ClN2O2S/c1-16-12-3-2-8(4-10(12)13)11-5-9(17-15-11)6-14-7-18/h2-4,9H,5-6H2,1H3. The van der Waals surface area contributed by atoms with E-state index in [2.05, 4.69) is 27.5 Å². The minimum Gasteiger partial charge on any atom is -0.495 e. The van der Waals surface area contributed by atoms with Gasteiger partial charge in [-0.2, -0.15) is 0 Å². The first kappa shape index (κ1) is 13.0. The Balaban J connectivity index is 2.09. The highest BCUT2D eigenvalue weighted by Crippen LogP contribution is 2.27. The Hall–Kier alpha value is -1.42. The smallest absolute Gasteiger partial charge is 0.153 e. The molecule has 0 radical (unpaired) electrons. The van der Waals surface area contributed by atoms with Gasteiger partial charge in [0.05, 0.1) is 29.6 Å². The summed E-state index contributed by atoms with van der Waals surface area (Å²) in [6, 6.07) is 5.52. The zero-order valence-corrected chi connectivity index (χ0v) is 11.3. The summed E-state index contributed by atoms with van der Waals surface area (Å²) in [5.41, 5.74) is 1.78. The second kappa shape index (κ2) is 5.96. The Morgan fingerprint density at radius 3 is 3.17 bits per heavy atom. The number of oxime groups is 1. The van der Waals surface area contributed by atoms with Crippen molar-refractivity contribution in [2.75, 3.05) is 13.7 Å². The van der Waals surface area contributed by atoms with E-state index in [4.69, 9.17) is 21.2 Å². The van der Waals surface area contributed by atoms with E-state index in [9.17, 15) is 0 Å². The van der Waals surface area contributed by atoms with Gasteiger partial charge in [-0.25, -0.2) is 4.99 Å². The normalized spacial score (nSPS) is 17.7. The molecule has 0 saturated heterocycles. The Morgan fingerprint density at radius 1 is 1.67 bits per heavy atom. The van der Waals surface area contributed by atoms with Crippen LogP contribution in [0.25, 0.3) is 0 Å². The number of thiocarbonyl (C=S) groups is 1. The molecule has 18 heavy (non-hydrogen) atoms. The maximum Gasteiger partial charge on any atom is 0.153 e. The van der Waals surface area contributed by atoms with Crippen LogP contribution in [0.2, 0.25) is 5.02 Å². The van der Waals surface area contributed by atoms with Crippen molar-refractivity contribution in [3.63, 3.8) is 0 Å². The molecule has 1 aliphatic rings. The van der Waals surface area contributed by atoms with E-state index < -0.39 is 0 Å². The quantitative estimate of drug-likeness (QED) is 0.630. The SMILES string of the molecule is COc1ccc(C2=NOC(CN=C=S)C2)cc1Cl. The highest BCUT2D eigenvalue weighted by atomic mass is 35.5. The second-order valence-electron chi connectivity index (χ2n) is 3.75. The van der Waals surface area contributed by atoms with Crippen molar-refractivity contribution in [1.82, 2.24) is 0 Å². The Bertz CT molecular complexity index is 527. The fraction of sp³-hybridized carbons (Fsp3) is 0.333. The Kier molecular flexibility index (Phi) is 4.31. The highest BCUT2D eigenvalue weighted by Gasteiger charge is 2.22. The lowest BCUT2D eigenvalue weighted by molar-refractivity contribution is 0.0924. The third-order valence-corrected chi connectivity index (χ3v) is 3.00. The fourth-order valence-electron chi connectivity index (χ4n) is 1.68. The molecule has 1 heterocycles. The number of benzene rings is 1. The molecule has 4 nitrogen and oxygen atoms in total. The third kappa shape index (κ3) is 2.88. The number of methoxy groups -OCH3 is 1. The minimum atomic E-state index is -0.0728. The maximum atomic E-state index is 6.06. The monoisotopic (exact) mass is 282 g/mol. The van der Waals surface area contributed by atoms with Crippen LogP contribution in [0.4, 0.5) is 0 Å². The third-order valence-electron chi connectivity index (χ3n) is 2.58. The van der Waals surface area contributed by atoms with Crippen molar-refractivity contribution < 1.29 is 9.57 Å². The zero-order chi connectivity index (χ0) is 13.0. The number of hydrogen-bond acceptors (Lipinski definition) is 5. The molecule has 1 unspecified atom stereocenters. The van der Waals surface area contributed by atoms with Crippen molar-refractivity contribution >= 4 is 34.7 Å². The number of nitrogens with zero attached hydrogens (tertiary/aromatic N) is 2. The van der Waals surface area contributed by atoms with Gasteiger partial charge in [-0.05, 0) is 30.4 Å². The fourth-order valence-corrected chi connectivity index (χ4v) is 2.01. The van der Waals surface area contributed by atoms with Crippen LogP contribution < -0.4 is 4.74 Å². The maximum absolute atomic E-state index is 6.06. The first-order valence-corrected chi connectivity index (χ1v) is 6.13. The summed E-state index contributed by atoms with van der Waals surface area (Å²) in [5, 5.41) is 6.90. The van der Waals surface area contributed by atoms with E-state index in [1.807, 2.05) is 18.2 Å². The van der Waals surface area contributed by atoms with E-state index in [-0.39, 0.29) is 6.10 Å². The topological polar surface area (TPSA) is 43.2 Å². The number of ether oxygens (including phenoxy) is 1. The summed E-state index contributed by atoms with van der Waals surface area (Å²) in [6.07, 6.45) is 0.611. The molecular formula is C12H11ClN2O2S. The first-order valence-electron chi connectivity index (χ1n) is 5.35. The molecule has 1 aromatic rings. The minimum absolute atomic E-state index is 0.0728.